The highest BCUT2D eigenvalue weighted by Crippen LogP contribution is 2.33. The second-order valence-electron chi connectivity index (χ2n) is 7.17. The van der Waals surface area contributed by atoms with E-state index >= 15 is 0 Å². The van der Waals surface area contributed by atoms with Crippen LogP contribution in [-0.4, -0.2) is 71.6 Å². The zero-order valence-electron chi connectivity index (χ0n) is 14.7. The van der Waals surface area contributed by atoms with Gasteiger partial charge in [-0.25, -0.2) is 9.97 Å². The van der Waals surface area contributed by atoms with Crippen molar-refractivity contribution in [3.63, 3.8) is 0 Å². The van der Waals surface area contributed by atoms with Crippen molar-refractivity contribution >= 4 is 11.7 Å². The predicted octanol–water partition coefficient (Wildman–Crippen LogP) is 0.906. The van der Waals surface area contributed by atoms with Crippen molar-refractivity contribution < 1.29 is 9.53 Å². The van der Waals surface area contributed by atoms with E-state index < -0.39 is 0 Å². The number of aromatic nitrogens is 2. The van der Waals surface area contributed by atoms with Gasteiger partial charge in [-0.3, -0.25) is 9.69 Å². The molecule has 7 heteroatoms. The Bertz CT molecular complexity index is 613. The van der Waals surface area contributed by atoms with Crippen LogP contribution in [0.5, 0.6) is 0 Å². The van der Waals surface area contributed by atoms with E-state index in [4.69, 9.17) is 4.74 Å². The van der Waals surface area contributed by atoms with Gasteiger partial charge in [0.1, 0.15) is 12.1 Å². The fourth-order valence-corrected chi connectivity index (χ4v) is 3.62. The third kappa shape index (κ3) is 4.10. The van der Waals surface area contributed by atoms with E-state index in [1.165, 1.54) is 5.56 Å². The third-order valence-electron chi connectivity index (χ3n) is 5.29. The summed E-state index contributed by atoms with van der Waals surface area (Å²) < 4.78 is 5.38. The summed E-state index contributed by atoms with van der Waals surface area (Å²) in [6.45, 7) is 7.19. The highest BCUT2D eigenvalue weighted by Gasteiger charge is 2.35. The lowest BCUT2D eigenvalue weighted by Gasteiger charge is -2.29. The number of ether oxygens (including phenoxy) is 1. The summed E-state index contributed by atoms with van der Waals surface area (Å²) in [5.41, 5.74) is 2.19. The molecule has 1 saturated carbocycles. The van der Waals surface area contributed by atoms with E-state index in [0.717, 1.165) is 83.1 Å². The molecule has 0 bridgehead atoms. The van der Waals surface area contributed by atoms with Gasteiger partial charge in [-0.2, -0.15) is 0 Å². The Labute approximate surface area is 148 Å². The van der Waals surface area contributed by atoms with Crippen LogP contribution in [0, 0.1) is 5.92 Å². The molecule has 1 aromatic heterocycles. The Hall–Kier alpha value is -1.73. The molecule has 2 fully saturated rings. The molecular weight excluding hydrogens is 318 g/mol. The van der Waals surface area contributed by atoms with Crippen LogP contribution in [0.2, 0.25) is 0 Å². The molecule has 2 aliphatic heterocycles. The Morgan fingerprint density at radius 3 is 2.88 bits per heavy atom. The molecule has 7 nitrogen and oxygen atoms in total. The van der Waals surface area contributed by atoms with E-state index in [-0.39, 0.29) is 5.92 Å². The maximum absolute atomic E-state index is 12.3. The first-order valence-electron chi connectivity index (χ1n) is 9.47. The first-order chi connectivity index (χ1) is 12.3. The van der Waals surface area contributed by atoms with E-state index in [2.05, 4.69) is 20.2 Å². The molecule has 4 rings (SSSR count). The summed E-state index contributed by atoms with van der Waals surface area (Å²) in [4.78, 5) is 25.5. The van der Waals surface area contributed by atoms with Gasteiger partial charge in [0.25, 0.3) is 0 Å². The highest BCUT2D eigenvalue weighted by atomic mass is 16.5. The van der Waals surface area contributed by atoms with Crippen molar-refractivity contribution in [3.8, 4) is 0 Å². The van der Waals surface area contributed by atoms with Crippen molar-refractivity contribution in [2.75, 3.05) is 51.3 Å². The zero-order chi connectivity index (χ0) is 17.1. The van der Waals surface area contributed by atoms with Crippen LogP contribution in [0.3, 0.4) is 0 Å². The lowest BCUT2D eigenvalue weighted by atomic mass is 10.0. The molecule has 1 N–H and O–H groups in total. The second-order valence-corrected chi connectivity index (χ2v) is 7.17. The number of amides is 1. The number of anilines is 1. The molecule has 25 heavy (non-hydrogen) atoms. The summed E-state index contributed by atoms with van der Waals surface area (Å²) in [6, 6.07) is 0. The minimum atomic E-state index is 0.279. The summed E-state index contributed by atoms with van der Waals surface area (Å²) >= 11 is 0. The van der Waals surface area contributed by atoms with E-state index in [1.807, 2.05) is 4.90 Å². The smallest absolute Gasteiger partial charge is 0.226 e. The number of nitrogens with zero attached hydrogens (tertiary/aromatic N) is 4. The molecule has 136 valence electrons. The summed E-state index contributed by atoms with van der Waals surface area (Å²) in [5, 5.41) is 3.48. The second kappa shape index (κ2) is 7.66. The van der Waals surface area contributed by atoms with Crippen molar-refractivity contribution in [1.29, 1.82) is 0 Å². The third-order valence-corrected chi connectivity index (χ3v) is 5.29. The Morgan fingerprint density at radius 1 is 1.24 bits per heavy atom. The number of carbonyl (C=O) groups is 1. The number of morpholine rings is 1. The van der Waals surface area contributed by atoms with E-state index in [0.29, 0.717) is 12.5 Å². The van der Waals surface area contributed by atoms with Crippen molar-refractivity contribution in [2.45, 2.75) is 32.2 Å². The molecule has 0 radical (unpaired) electrons. The summed E-state index contributed by atoms with van der Waals surface area (Å²) in [5.74, 6) is 1.54. The first-order valence-corrected chi connectivity index (χ1v) is 9.47. The quantitative estimate of drug-likeness (QED) is 0.773. The SMILES string of the molecule is O=C(C1CC1)N1CCc2c(ncnc2NCCCN2CCOCC2)C1. The lowest BCUT2D eigenvalue weighted by molar-refractivity contribution is -0.133. The maximum Gasteiger partial charge on any atom is 0.226 e. The molecule has 3 heterocycles. The number of carbonyl (C=O) groups excluding carboxylic acids is 1. The first kappa shape index (κ1) is 16.7. The van der Waals surface area contributed by atoms with Crippen LogP contribution < -0.4 is 5.32 Å². The fourth-order valence-electron chi connectivity index (χ4n) is 3.62. The van der Waals surface area contributed by atoms with Crippen LogP contribution in [0.4, 0.5) is 5.82 Å². The molecule has 0 unspecified atom stereocenters. The van der Waals surface area contributed by atoms with Crippen molar-refractivity contribution in [2.24, 2.45) is 5.92 Å². The summed E-state index contributed by atoms with van der Waals surface area (Å²) in [7, 11) is 0. The van der Waals surface area contributed by atoms with Crippen molar-refractivity contribution in [1.82, 2.24) is 19.8 Å². The molecule has 0 atom stereocenters. The molecule has 3 aliphatic rings. The van der Waals surface area contributed by atoms with Gasteiger partial charge in [-0.15, -0.1) is 0 Å². The molecular formula is C18H27N5O2. The van der Waals surface area contributed by atoms with Crippen molar-refractivity contribution in [3.05, 3.63) is 17.6 Å². The van der Waals surface area contributed by atoms with Crippen LogP contribution in [0.1, 0.15) is 30.5 Å². The van der Waals surface area contributed by atoms with Crippen LogP contribution in [0.15, 0.2) is 6.33 Å². The zero-order valence-corrected chi connectivity index (χ0v) is 14.7. The Kier molecular flexibility index (Phi) is 5.12. The average molecular weight is 345 g/mol. The van der Waals surface area contributed by atoms with Crippen LogP contribution >= 0.6 is 0 Å². The van der Waals surface area contributed by atoms with Gasteiger partial charge in [0, 0.05) is 37.7 Å². The number of hydrogen-bond acceptors (Lipinski definition) is 6. The van der Waals surface area contributed by atoms with Gasteiger partial charge in [0.05, 0.1) is 25.5 Å². The maximum atomic E-state index is 12.3. The lowest BCUT2D eigenvalue weighted by Crippen LogP contribution is -2.38. The van der Waals surface area contributed by atoms with Gasteiger partial charge in [-0.05, 0) is 32.2 Å². The van der Waals surface area contributed by atoms with E-state index in [1.54, 1.807) is 6.33 Å². The Balaban J connectivity index is 1.29. The molecule has 1 aliphatic carbocycles. The van der Waals surface area contributed by atoms with Gasteiger partial charge in [0.2, 0.25) is 5.91 Å². The van der Waals surface area contributed by atoms with Gasteiger partial charge < -0.3 is 15.0 Å². The number of fused-ring (bicyclic) bond motifs is 1. The largest absolute Gasteiger partial charge is 0.379 e. The monoisotopic (exact) mass is 345 g/mol. The van der Waals surface area contributed by atoms with Gasteiger partial charge in [-0.1, -0.05) is 0 Å². The van der Waals surface area contributed by atoms with Gasteiger partial charge in [0.15, 0.2) is 0 Å². The molecule has 1 amide bonds. The summed E-state index contributed by atoms with van der Waals surface area (Å²) in [6.07, 6.45) is 5.67. The van der Waals surface area contributed by atoms with Crippen LogP contribution in [0.25, 0.3) is 0 Å². The molecule has 0 aromatic carbocycles. The fraction of sp³-hybridized carbons (Fsp3) is 0.722. The minimum absolute atomic E-state index is 0.279. The molecule has 1 saturated heterocycles. The minimum Gasteiger partial charge on any atom is -0.379 e. The molecule has 1 aromatic rings. The predicted molar refractivity (Wildman–Crippen MR) is 94.2 cm³/mol. The number of nitrogens with one attached hydrogen (secondary N) is 1. The average Bonchev–Trinajstić information content (AvgIpc) is 3.50. The topological polar surface area (TPSA) is 70.6 Å². The highest BCUT2D eigenvalue weighted by molar-refractivity contribution is 5.81. The Morgan fingerprint density at radius 2 is 2.08 bits per heavy atom. The van der Waals surface area contributed by atoms with E-state index in [9.17, 15) is 4.79 Å². The normalized spacial score (nSPS) is 21.0. The van der Waals surface area contributed by atoms with Crippen LogP contribution in [-0.2, 0) is 22.5 Å². The molecule has 0 spiro atoms. The standard InChI is InChI=1S/C18H27N5O2/c24-18(14-2-3-14)23-7-4-15-16(12-23)20-13-21-17(15)19-5-1-6-22-8-10-25-11-9-22/h13-14H,1-12H2,(H,19,20,21). The number of rotatable bonds is 6. The van der Waals surface area contributed by atoms with Gasteiger partial charge >= 0.3 is 0 Å². The number of hydrogen-bond donors (Lipinski definition) is 1.